The number of hydrogen-bond acceptors (Lipinski definition) is 2. The number of alkyl halides is 2. The highest BCUT2D eigenvalue weighted by molar-refractivity contribution is 5.77. The molecule has 0 amide bonds. The third-order valence-corrected chi connectivity index (χ3v) is 4.36. The molecule has 2 fully saturated rings. The number of rotatable bonds is 2. The van der Waals surface area contributed by atoms with Gasteiger partial charge in [-0.25, -0.2) is 8.78 Å². The molecule has 2 aliphatic rings. The summed E-state index contributed by atoms with van der Waals surface area (Å²) in [5.74, 6) is -4.39. The van der Waals surface area contributed by atoms with E-state index in [9.17, 15) is 13.6 Å². The molecule has 0 aromatic carbocycles. The van der Waals surface area contributed by atoms with Crippen LogP contribution in [0.3, 0.4) is 0 Å². The third kappa shape index (κ3) is 0.947. The second-order valence-electron chi connectivity index (χ2n) is 5.21. The van der Waals surface area contributed by atoms with Gasteiger partial charge in [-0.3, -0.25) is 4.79 Å². The van der Waals surface area contributed by atoms with Gasteiger partial charge in [-0.2, -0.15) is 0 Å². The number of nitrogens with one attached hydrogen (secondary N) is 1. The zero-order valence-corrected chi connectivity index (χ0v) is 8.97. The number of halogens is 2. The van der Waals surface area contributed by atoms with E-state index in [1.807, 2.05) is 0 Å². The molecule has 3 unspecified atom stereocenters. The van der Waals surface area contributed by atoms with Crippen LogP contribution in [0.25, 0.3) is 0 Å². The number of aliphatic carboxylic acids is 1. The first-order chi connectivity index (χ1) is 6.67. The highest BCUT2D eigenvalue weighted by Crippen LogP contribution is 2.78. The van der Waals surface area contributed by atoms with Gasteiger partial charge in [-0.15, -0.1) is 0 Å². The highest BCUT2D eigenvalue weighted by Gasteiger charge is 2.86. The molecule has 1 aliphatic heterocycles. The molecule has 86 valence electrons. The monoisotopic (exact) mass is 219 g/mol. The Morgan fingerprint density at radius 2 is 2.07 bits per heavy atom. The second-order valence-corrected chi connectivity index (χ2v) is 5.21. The van der Waals surface area contributed by atoms with Gasteiger partial charge in [0.25, 0.3) is 5.92 Å². The van der Waals surface area contributed by atoms with Crippen molar-refractivity contribution in [2.24, 2.45) is 16.7 Å². The summed E-state index contributed by atoms with van der Waals surface area (Å²) in [6.45, 7) is 4.66. The van der Waals surface area contributed by atoms with Crippen molar-refractivity contribution in [2.45, 2.75) is 32.7 Å². The van der Waals surface area contributed by atoms with Crippen molar-refractivity contribution in [3.8, 4) is 0 Å². The zero-order chi connectivity index (χ0) is 11.6. The predicted molar refractivity (Wildman–Crippen MR) is 49.8 cm³/mol. The summed E-state index contributed by atoms with van der Waals surface area (Å²) in [5.41, 5.74) is -2.01. The molecule has 1 saturated heterocycles. The van der Waals surface area contributed by atoms with Crippen LogP contribution in [0.5, 0.6) is 0 Å². The standard InChI is InChI=1S/C10H15F2NO2/c1-8(2)5-4-13-6(7(14)15)10(5,8)9(3,11)12/h5-6,13H,4H2,1-3H3,(H,14,15). The number of carboxylic acids is 1. The zero-order valence-electron chi connectivity index (χ0n) is 8.97. The summed E-state index contributed by atoms with van der Waals surface area (Å²) in [7, 11) is 0. The van der Waals surface area contributed by atoms with Gasteiger partial charge in [0, 0.05) is 13.5 Å². The first-order valence-corrected chi connectivity index (χ1v) is 5.01. The quantitative estimate of drug-likeness (QED) is 0.736. The first kappa shape index (κ1) is 10.8. The molecule has 0 radical (unpaired) electrons. The van der Waals surface area contributed by atoms with Gasteiger partial charge >= 0.3 is 5.97 Å². The summed E-state index contributed by atoms with van der Waals surface area (Å²) >= 11 is 0. The van der Waals surface area contributed by atoms with Crippen LogP contribution in [0.1, 0.15) is 20.8 Å². The predicted octanol–water partition coefficient (Wildman–Crippen LogP) is 1.34. The Bertz CT molecular complexity index is 312. The Morgan fingerprint density at radius 3 is 2.33 bits per heavy atom. The van der Waals surface area contributed by atoms with Gasteiger partial charge in [0.1, 0.15) is 6.04 Å². The molecule has 3 atom stereocenters. The molecule has 1 heterocycles. The Labute approximate surface area is 86.8 Å². The maximum Gasteiger partial charge on any atom is 0.321 e. The van der Waals surface area contributed by atoms with Gasteiger partial charge in [-0.1, -0.05) is 13.8 Å². The van der Waals surface area contributed by atoms with Gasteiger partial charge in [0.05, 0.1) is 5.41 Å². The number of hydrogen-bond donors (Lipinski definition) is 2. The number of fused-ring (bicyclic) bond motifs is 1. The van der Waals surface area contributed by atoms with Crippen molar-refractivity contribution in [1.29, 1.82) is 0 Å². The molecule has 1 saturated carbocycles. The minimum atomic E-state index is -2.96. The SMILES string of the molecule is CC(F)(F)C12C(C(=O)O)NCC1C2(C)C. The number of carbonyl (C=O) groups is 1. The fourth-order valence-corrected chi connectivity index (χ4v) is 3.70. The average molecular weight is 219 g/mol. The Hall–Kier alpha value is -0.710. The van der Waals surface area contributed by atoms with Crippen molar-refractivity contribution in [1.82, 2.24) is 5.32 Å². The fourth-order valence-electron chi connectivity index (χ4n) is 3.70. The van der Waals surface area contributed by atoms with E-state index in [0.717, 1.165) is 6.92 Å². The molecule has 0 aromatic heterocycles. The van der Waals surface area contributed by atoms with Crippen LogP contribution in [-0.2, 0) is 4.79 Å². The molecule has 15 heavy (non-hydrogen) atoms. The van der Waals surface area contributed by atoms with Crippen molar-refractivity contribution in [3.05, 3.63) is 0 Å². The van der Waals surface area contributed by atoms with Crippen LogP contribution in [0.15, 0.2) is 0 Å². The van der Waals surface area contributed by atoms with Gasteiger partial charge < -0.3 is 10.4 Å². The lowest BCUT2D eigenvalue weighted by Crippen LogP contribution is -2.50. The molecular formula is C10H15F2NO2. The molecule has 2 rings (SSSR count). The molecule has 0 aromatic rings. The van der Waals surface area contributed by atoms with Gasteiger partial charge in [-0.05, 0) is 11.3 Å². The lowest BCUT2D eigenvalue weighted by molar-refractivity contribution is -0.150. The van der Waals surface area contributed by atoms with Crippen molar-refractivity contribution >= 4 is 5.97 Å². The van der Waals surface area contributed by atoms with E-state index >= 15 is 0 Å². The Morgan fingerprint density at radius 1 is 1.53 bits per heavy atom. The summed E-state index contributed by atoms with van der Waals surface area (Å²) in [4.78, 5) is 11.0. The molecule has 2 N–H and O–H groups in total. The smallest absolute Gasteiger partial charge is 0.321 e. The van der Waals surface area contributed by atoms with E-state index in [2.05, 4.69) is 5.32 Å². The van der Waals surface area contributed by atoms with Gasteiger partial charge in [0.2, 0.25) is 0 Å². The molecule has 5 heteroatoms. The fraction of sp³-hybridized carbons (Fsp3) is 0.900. The molecule has 1 aliphatic carbocycles. The van der Waals surface area contributed by atoms with Crippen LogP contribution < -0.4 is 5.32 Å². The number of carboxylic acid groups (broad SMARTS) is 1. The average Bonchev–Trinajstić information content (AvgIpc) is 2.40. The van der Waals surface area contributed by atoms with Crippen LogP contribution in [0, 0.1) is 16.7 Å². The van der Waals surface area contributed by atoms with Crippen LogP contribution in [0.4, 0.5) is 8.78 Å². The molecule has 0 spiro atoms. The van der Waals surface area contributed by atoms with Crippen molar-refractivity contribution < 1.29 is 18.7 Å². The highest BCUT2D eigenvalue weighted by atomic mass is 19.3. The summed E-state index contributed by atoms with van der Waals surface area (Å²) in [5, 5.41) is 11.7. The first-order valence-electron chi connectivity index (χ1n) is 5.01. The van der Waals surface area contributed by atoms with E-state index < -0.39 is 28.8 Å². The third-order valence-electron chi connectivity index (χ3n) is 4.36. The molecular weight excluding hydrogens is 204 g/mol. The Kier molecular flexibility index (Phi) is 1.81. The van der Waals surface area contributed by atoms with E-state index in [-0.39, 0.29) is 5.92 Å². The van der Waals surface area contributed by atoms with Crippen molar-refractivity contribution in [2.75, 3.05) is 6.54 Å². The second kappa shape index (κ2) is 2.51. The van der Waals surface area contributed by atoms with Crippen molar-refractivity contribution in [3.63, 3.8) is 0 Å². The largest absolute Gasteiger partial charge is 0.480 e. The van der Waals surface area contributed by atoms with Gasteiger partial charge in [0.15, 0.2) is 0 Å². The summed E-state index contributed by atoms with van der Waals surface area (Å²) in [6.07, 6.45) is 0. The van der Waals surface area contributed by atoms with E-state index in [0.29, 0.717) is 6.54 Å². The number of piperidine rings is 1. The van der Waals surface area contributed by atoms with Crippen LogP contribution >= 0.6 is 0 Å². The lowest BCUT2D eigenvalue weighted by atomic mass is 9.83. The summed E-state index contributed by atoms with van der Waals surface area (Å²) in [6, 6.07) is -1.13. The molecule has 0 bridgehead atoms. The minimum absolute atomic E-state index is 0.244. The molecule has 3 nitrogen and oxygen atoms in total. The topological polar surface area (TPSA) is 49.3 Å². The summed E-state index contributed by atoms with van der Waals surface area (Å²) < 4.78 is 27.3. The minimum Gasteiger partial charge on any atom is -0.480 e. The van der Waals surface area contributed by atoms with Crippen LogP contribution in [-0.4, -0.2) is 29.6 Å². The lowest BCUT2D eigenvalue weighted by Gasteiger charge is -2.30. The maximum absolute atomic E-state index is 13.7. The van der Waals surface area contributed by atoms with E-state index in [1.54, 1.807) is 13.8 Å². The normalized spacial score (nSPS) is 42.5. The van der Waals surface area contributed by atoms with E-state index in [4.69, 9.17) is 5.11 Å². The van der Waals surface area contributed by atoms with Crippen LogP contribution in [0.2, 0.25) is 0 Å². The Balaban J connectivity index is 2.45. The van der Waals surface area contributed by atoms with E-state index in [1.165, 1.54) is 0 Å². The maximum atomic E-state index is 13.7.